The summed E-state index contributed by atoms with van der Waals surface area (Å²) < 4.78 is 1.81. The van der Waals surface area contributed by atoms with E-state index < -0.39 is 6.04 Å². The molecule has 3 aliphatic heterocycles. The molecular formula is C24H27N3O2S. The minimum Gasteiger partial charge on any atom is -0.333 e. The molecule has 156 valence electrons. The van der Waals surface area contributed by atoms with E-state index in [1.165, 1.54) is 10.5 Å². The molecule has 1 saturated heterocycles. The maximum absolute atomic E-state index is 13.5. The Morgan fingerprint density at radius 2 is 1.83 bits per heavy atom. The Hall–Kier alpha value is -2.31. The predicted molar refractivity (Wildman–Crippen MR) is 120 cm³/mol. The molecule has 0 spiro atoms. The molecule has 0 unspecified atom stereocenters. The fourth-order valence-corrected chi connectivity index (χ4v) is 5.72. The van der Waals surface area contributed by atoms with Crippen molar-refractivity contribution in [1.29, 1.82) is 0 Å². The zero-order valence-electron chi connectivity index (χ0n) is 17.2. The number of hydrogen-bond donors (Lipinski definition) is 0. The Bertz CT molecular complexity index is 1020. The third-order valence-electron chi connectivity index (χ3n) is 6.67. The van der Waals surface area contributed by atoms with Crippen molar-refractivity contribution in [3.63, 3.8) is 0 Å². The summed E-state index contributed by atoms with van der Waals surface area (Å²) in [5.41, 5.74) is 2.27. The van der Waals surface area contributed by atoms with E-state index in [0.29, 0.717) is 19.0 Å². The molecule has 5 nitrogen and oxygen atoms in total. The average Bonchev–Trinajstić information content (AvgIpc) is 3.30. The smallest absolute Gasteiger partial charge is 0.251 e. The van der Waals surface area contributed by atoms with Gasteiger partial charge in [0.25, 0.3) is 5.56 Å². The van der Waals surface area contributed by atoms with Crippen molar-refractivity contribution in [2.24, 2.45) is 5.92 Å². The van der Waals surface area contributed by atoms with Crippen LogP contribution in [0.25, 0.3) is 0 Å². The molecule has 0 saturated carbocycles. The Morgan fingerprint density at radius 1 is 1.07 bits per heavy atom. The number of thioether (sulfide) groups is 1. The third-order valence-corrected chi connectivity index (χ3v) is 7.41. The maximum Gasteiger partial charge on any atom is 0.251 e. The van der Waals surface area contributed by atoms with Crippen molar-refractivity contribution < 1.29 is 4.79 Å². The summed E-state index contributed by atoms with van der Waals surface area (Å²) >= 11 is 1.75. The van der Waals surface area contributed by atoms with Gasteiger partial charge in [-0.1, -0.05) is 30.4 Å². The average molecular weight is 422 g/mol. The Morgan fingerprint density at radius 3 is 2.57 bits per heavy atom. The Balaban J connectivity index is 1.45. The van der Waals surface area contributed by atoms with Crippen molar-refractivity contribution in [2.45, 2.75) is 29.8 Å². The maximum atomic E-state index is 13.5. The molecule has 4 heterocycles. The van der Waals surface area contributed by atoms with Crippen LogP contribution in [0.5, 0.6) is 0 Å². The van der Waals surface area contributed by atoms with Crippen LogP contribution in [0.15, 0.2) is 64.3 Å². The number of likely N-dealkylation sites (tertiary alicyclic amines) is 1. The van der Waals surface area contributed by atoms with Crippen molar-refractivity contribution in [3.05, 3.63) is 76.2 Å². The highest BCUT2D eigenvalue weighted by Crippen LogP contribution is 2.42. The first-order valence-corrected chi connectivity index (χ1v) is 11.9. The normalized spacial score (nSPS) is 25.4. The van der Waals surface area contributed by atoms with Gasteiger partial charge in [0.2, 0.25) is 5.91 Å². The summed E-state index contributed by atoms with van der Waals surface area (Å²) in [5.74, 6) is 0.544. The molecule has 0 N–H and O–H groups in total. The van der Waals surface area contributed by atoms with Crippen LogP contribution in [0.4, 0.5) is 0 Å². The molecule has 1 fully saturated rings. The molecule has 1 amide bonds. The number of carbonyl (C=O) groups excluding carboxylic acids is 1. The number of carbonyl (C=O) groups is 1. The SMILES string of the molecule is CSc1ccc(CN2C[C@@H]3C[C@H](C2)[C@H](C(=O)N2CC=CC2)n2c3cccc2=O)cc1. The largest absolute Gasteiger partial charge is 0.333 e. The van der Waals surface area contributed by atoms with Gasteiger partial charge in [0, 0.05) is 61.2 Å². The summed E-state index contributed by atoms with van der Waals surface area (Å²) in [4.78, 5) is 31.9. The second-order valence-corrected chi connectivity index (χ2v) is 9.43. The zero-order valence-corrected chi connectivity index (χ0v) is 18.1. The van der Waals surface area contributed by atoms with Crippen LogP contribution in [0, 0.1) is 5.92 Å². The minimum atomic E-state index is -0.397. The van der Waals surface area contributed by atoms with Crippen molar-refractivity contribution in [2.75, 3.05) is 32.4 Å². The third kappa shape index (κ3) is 3.52. The van der Waals surface area contributed by atoms with E-state index in [0.717, 1.165) is 31.7 Å². The lowest BCUT2D eigenvalue weighted by molar-refractivity contribution is -0.137. The van der Waals surface area contributed by atoms with Gasteiger partial charge in [-0.05, 0) is 36.4 Å². The number of amides is 1. The first kappa shape index (κ1) is 19.6. The van der Waals surface area contributed by atoms with Gasteiger partial charge in [-0.15, -0.1) is 11.8 Å². The van der Waals surface area contributed by atoms with Gasteiger partial charge in [0.1, 0.15) is 6.04 Å². The van der Waals surface area contributed by atoms with Crippen LogP contribution in [0.3, 0.4) is 0 Å². The van der Waals surface area contributed by atoms with Crippen LogP contribution in [-0.4, -0.2) is 52.7 Å². The first-order chi connectivity index (χ1) is 14.6. The van der Waals surface area contributed by atoms with E-state index in [9.17, 15) is 9.59 Å². The van der Waals surface area contributed by atoms with Crippen LogP contribution in [0.1, 0.15) is 29.6 Å². The van der Waals surface area contributed by atoms with Crippen LogP contribution < -0.4 is 5.56 Å². The number of rotatable bonds is 4. The molecule has 3 aliphatic rings. The molecule has 2 aromatic rings. The second-order valence-electron chi connectivity index (χ2n) is 8.55. The van der Waals surface area contributed by atoms with Crippen molar-refractivity contribution >= 4 is 17.7 Å². The van der Waals surface area contributed by atoms with E-state index in [1.807, 2.05) is 33.8 Å². The van der Waals surface area contributed by atoms with Gasteiger partial charge < -0.3 is 4.90 Å². The van der Waals surface area contributed by atoms with Crippen molar-refractivity contribution in [3.8, 4) is 0 Å². The van der Waals surface area contributed by atoms with Gasteiger partial charge in [-0.2, -0.15) is 0 Å². The number of aromatic nitrogens is 1. The first-order valence-electron chi connectivity index (χ1n) is 10.6. The summed E-state index contributed by atoms with van der Waals surface area (Å²) in [6.07, 6.45) is 7.13. The number of nitrogens with zero attached hydrogens (tertiary/aromatic N) is 3. The zero-order chi connectivity index (χ0) is 20.7. The number of pyridine rings is 1. The van der Waals surface area contributed by atoms with Gasteiger partial charge in [0.15, 0.2) is 0 Å². The molecule has 30 heavy (non-hydrogen) atoms. The fraction of sp³-hybridized carbons (Fsp3) is 0.417. The lowest BCUT2D eigenvalue weighted by Gasteiger charge is -2.47. The van der Waals surface area contributed by atoms with E-state index in [-0.39, 0.29) is 17.4 Å². The Labute approximate surface area is 181 Å². The lowest BCUT2D eigenvalue weighted by Crippen LogP contribution is -2.53. The highest BCUT2D eigenvalue weighted by molar-refractivity contribution is 7.98. The van der Waals surface area contributed by atoms with E-state index in [1.54, 1.807) is 17.8 Å². The standard InChI is InChI=1S/C24H27N3O2S/c1-30-20-9-7-17(8-10-20)14-25-15-18-13-19(16-25)23(24(29)26-11-2-3-12-26)27-21(18)5-4-6-22(27)28/h2-10,18-19,23H,11-16H2,1H3/t18-,19+,23+/m0/s1. The molecule has 0 radical (unpaired) electrons. The molecule has 0 aliphatic carbocycles. The van der Waals surface area contributed by atoms with E-state index >= 15 is 0 Å². The van der Waals surface area contributed by atoms with Gasteiger partial charge >= 0.3 is 0 Å². The number of piperidine rings is 1. The topological polar surface area (TPSA) is 45.6 Å². The summed E-state index contributed by atoms with van der Waals surface area (Å²) in [5, 5.41) is 0. The van der Waals surface area contributed by atoms with Crippen LogP contribution in [-0.2, 0) is 11.3 Å². The molecular weight excluding hydrogens is 394 g/mol. The minimum absolute atomic E-state index is 0.0474. The van der Waals surface area contributed by atoms with Gasteiger partial charge in [-0.3, -0.25) is 19.1 Å². The highest BCUT2D eigenvalue weighted by Gasteiger charge is 2.44. The molecule has 3 atom stereocenters. The molecule has 5 rings (SSSR count). The summed E-state index contributed by atoms with van der Waals surface area (Å²) in [6, 6.07) is 13.8. The number of hydrogen-bond acceptors (Lipinski definition) is 4. The predicted octanol–water partition coefficient (Wildman–Crippen LogP) is 3.13. The number of fused-ring (bicyclic) bond motifs is 4. The molecule has 6 heteroatoms. The van der Waals surface area contributed by atoms with Gasteiger partial charge in [0.05, 0.1) is 0 Å². The second kappa shape index (κ2) is 8.08. The summed E-state index contributed by atoms with van der Waals surface area (Å²) in [6.45, 7) is 3.95. The quantitative estimate of drug-likeness (QED) is 0.562. The summed E-state index contributed by atoms with van der Waals surface area (Å²) in [7, 11) is 0. The number of benzene rings is 1. The Kier molecular flexibility index (Phi) is 5.29. The fourth-order valence-electron chi connectivity index (χ4n) is 5.31. The lowest BCUT2D eigenvalue weighted by atomic mass is 9.78. The van der Waals surface area contributed by atoms with Crippen molar-refractivity contribution in [1.82, 2.24) is 14.4 Å². The molecule has 1 aromatic heterocycles. The molecule has 1 aromatic carbocycles. The van der Waals surface area contributed by atoms with Gasteiger partial charge in [-0.25, -0.2) is 0 Å². The monoisotopic (exact) mass is 421 g/mol. The molecule has 2 bridgehead atoms. The van der Waals surface area contributed by atoms with Crippen LogP contribution >= 0.6 is 11.8 Å². The van der Waals surface area contributed by atoms with E-state index in [4.69, 9.17) is 0 Å². The highest BCUT2D eigenvalue weighted by atomic mass is 32.2. The van der Waals surface area contributed by atoms with Crippen LogP contribution in [0.2, 0.25) is 0 Å². The van der Waals surface area contributed by atoms with E-state index in [2.05, 4.69) is 35.4 Å².